The molecular weight excluding hydrogens is 274 g/mol. The molecule has 0 unspecified atom stereocenters. The van der Waals surface area contributed by atoms with E-state index in [1.54, 1.807) is 19.1 Å². The Morgan fingerprint density at radius 3 is 2.60 bits per heavy atom. The van der Waals surface area contributed by atoms with Gasteiger partial charge in [0.25, 0.3) is 0 Å². The summed E-state index contributed by atoms with van der Waals surface area (Å²) in [5.74, 6) is -0.277. The van der Waals surface area contributed by atoms with Crippen LogP contribution in [0.25, 0.3) is 0 Å². The topological polar surface area (TPSA) is 25.2 Å². The summed E-state index contributed by atoms with van der Waals surface area (Å²) in [5, 5.41) is 2.92. The third-order valence-electron chi connectivity index (χ3n) is 2.95. The van der Waals surface area contributed by atoms with Crippen molar-refractivity contribution in [2.75, 3.05) is 0 Å². The highest BCUT2D eigenvalue weighted by Crippen LogP contribution is 2.32. The summed E-state index contributed by atoms with van der Waals surface area (Å²) in [7, 11) is 0. The van der Waals surface area contributed by atoms with Crippen LogP contribution in [0.4, 0.5) is 17.6 Å². The zero-order chi connectivity index (χ0) is 14.8. The quantitative estimate of drug-likeness (QED) is 0.849. The Morgan fingerprint density at radius 1 is 1.25 bits per heavy atom. The molecule has 0 aliphatic carbocycles. The number of furan rings is 1. The Kier molecular flexibility index (Phi) is 4.13. The average Bonchev–Trinajstić information content (AvgIpc) is 2.89. The molecule has 0 spiro atoms. The first-order valence-electron chi connectivity index (χ1n) is 6.00. The molecule has 0 saturated carbocycles. The normalized spacial score (nSPS) is 13.4. The Bertz CT molecular complexity index is 563. The molecule has 2 rings (SSSR count). The maximum atomic E-state index is 13.0. The zero-order valence-electron chi connectivity index (χ0n) is 10.7. The molecule has 0 saturated heterocycles. The number of rotatable bonds is 4. The molecular formula is C14H13F4NO. The Hall–Kier alpha value is -1.82. The summed E-state index contributed by atoms with van der Waals surface area (Å²) < 4.78 is 56.6. The second-order valence-electron chi connectivity index (χ2n) is 4.42. The number of benzene rings is 1. The maximum absolute atomic E-state index is 13.0. The van der Waals surface area contributed by atoms with Crippen LogP contribution in [0, 0.1) is 5.82 Å². The van der Waals surface area contributed by atoms with Gasteiger partial charge in [-0.15, -0.1) is 0 Å². The summed E-state index contributed by atoms with van der Waals surface area (Å²) in [6, 6.07) is 5.86. The van der Waals surface area contributed by atoms with Crippen LogP contribution >= 0.6 is 0 Å². The number of hydrogen-bond acceptors (Lipinski definition) is 2. The van der Waals surface area contributed by atoms with Gasteiger partial charge in [-0.2, -0.15) is 13.2 Å². The van der Waals surface area contributed by atoms with Gasteiger partial charge in [-0.25, -0.2) is 4.39 Å². The van der Waals surface area contributed by atoms with E-state index in [0.29, 0.717) is 11.8 Å². The van der Waals surface area contributed by atoms with Gasteiger partial charge in [0.05, 0.1) is 17.9 Å². The molecule has 2 aromatic rings. The van der Waals surface area contributed by atoms with Crippen molar-refractivity contribution in [1.29, 1.82) is 0 Å². The Labute approximate surface area is 113 Å². The molecule has 0 radical (unpaired) electrons. The predicted molar refractivity (Wildman–Crippen MR) is 65.4 cm³/mol. The molecule has 1 heterocycles. The van der Waals surface area contributed by atoms with Gasteiger partial charge < -0.3 is 9.73 Å². The van der Waals surface area contributed by atoms with Crippen LogP contribution in [0.3, 0.4) is 0 Å². The monoisotopic (exact) mass is 287 g/mol. The third-order valence-corrected chi connectivity index (χ3v) is 2.95. The van der Waals surface area contributed by atoms with Gasteiger partial charge in [0, 0.05) is 6.54 Å². The van der Waals surface area contributed by atoms with Crippen LogP contribution in [-0.4, -0.2) is 0 Å². The lowest BCUT2D eigenvalue weighted by atomic mass is 10.1. The first-order valence-corrected chi connectivity index (χ1v) is 6.00. The van der Waals surface area contributed by atoms with Crippen LogP contribution in [0.1, 0.15) is 29.9 Å². The molecule has 1 aromatic heterocycles. The summed E-state index contributed by atoms with van der Waals surface area (Å²) in [4.78, 5) is 0. The van der Waals surface area contributed by atoms with Crippen LogP contribution in [0.5, 0.6) is 0 Å². The molecule has 1 N–H and O–H groups in total. The molecule has 20 heavy (non-hydrogen) atoms. The molecule has 6 heteroatoms. The van der Waals surface area contributed by atoms with E-state index in [-0.39, 0.29) is 18.2 Å². The minimum Gasteiger partial charge on any atom is -0.468 e. The first kappa shape index (κ1) is 14.6. The summed E-state index contributed by atoms with van der Waals surface area (Å²) >= 11 is 0. The summed E-state index contributed by atoms with van der Waals surface area (Å²) in [5.41, 5.74) is -0.964. The SMILES string of the molecule is C[C@@H](NCc1ccc(F)cc1C(F)(F)F)c1ccco1. The standard InChI is InChI=1S/C14H13F4NO/c1-9(13-3-2-6-20-13)19-8-10-4-5-11(15)7-12(10)14(16,17)18/h2-7,9,19H,8H2,1H3/t9-/m1/s1. The molecule has 0 fully saturated rings. The van der Waals surface area contributed by atoms with Gasteiger partial charge in [-0.05, 0) is 36.8 Å². The smallest absolute Gasteiger partial charge is 0.416 e. The van der Waals surface area contributed by atoms with E-state index in [4.69, 9.17) is 4.42 Å². The summed E-state index contributed by atoms with van der Waals surface area (Å²) in [6.07, 6.45) is -3.08. The molecule has 0 bridgehead atoms. The largest absolute Gasteiger partial charge is 0.468 e. The predicted octanol–water partition coefficient (Wildman–Crippen LogP) is 4.29. The fourth-order valence-corrected chi connectivity index (χ4v) is 1.87. The fraction of sp³-hybridized carbons (Fsp3) is 0.286. The number of alkyl halides is 3. The molecule has 108 valence electrons. The van der Waals surface area contributed by atoms with Crippen LogP contribution in [0.15, 0.2) is 41.0 Å². The van der Waals surface area contributed by atoms with Crippen molar-refractivity contribution in [1.82, 2.24) is 5.32 Å². The van der Waals surface area contributed by atoms with Crippen molar-refractivity contribution < 1.29 is 22.0 Å². The number of nitrogens with one attached hydrogen (secondary N) is 1. The maximum Gasteiger partial charge on any atom is 0.416 e. The van der Waals surface area contributed by atoms with Gasteiger partial charge in [-0.3, -0.25) is 0 Å². The lowest BCUT2D eigenvalue weighted by molar-refractivity contribution is -0.138. The van der Waals surface area contributed by atoms with Gasteiger partial charge in [0.2, 0.25) is 0 Å². The van der Waals surface area contributed by atoms with Gasteiger partial charge in [-0.1, -0.05) is 6.07 Å². The van der Waals surface area contributed by atoms with Crippen molar-refractivity contribution in [3.8, 4) is 0 Å². The average molecular weight is 287 g/mol. The van der Waals surface area contributed by atoms with Crippen LogP contribution in [0.2, 0.25) is 0 Å². The van der Waals surface area contributed by atoms with E-state index in [9.17, 15) is 17.6 Å². The lowest BCUT2D eigenvalue weighted by Crippen LogP contribution is -2.20. The van der Waals surface area contributed by atoms with Crippen LogP contribution in [-0.2, 0) is 12.7 Å². The van der Waals surface area contributed by atoms with E-state index < -0.39 is 17.6 Å². The summed E-state index contributed by atoms with van der Waals surface area (Å²) in [6.45, 7) is 1.74. The number of halogens is 4. The van der Waals surface area contributed by atoms with E-state index in [1.165, 1.54) is 6.26 Å². The van der Waals surface area contributed by atoms with E-state index in [2.05, 4.69) is 5.32 Å². The molecule has 0 aliphatic rings. The minimum atomic E-state index is -4.58. The van der Waals surface area contributed by atoms with E-state index >= 15 is 0 Å². The number of hydrogen-bond donors (Lipinski definition) is 1. The molecule has 0 amide bonds. The third kappa shape index (κ3) is 3.39. The van der Waals surface area contributed by atoms with Gasteiger partial charge >= 0.3 is 6.18 Å². The highest BCUT2D eigenvalue weighted by molar-refractivity contribution is 5.30. The lowest BCUT2D eigenvalue weighted by Gasteiger charge is -2.16. The van der Waals surface area contributed by atoms with Crippen LogP contribution < -0.4 is 5.32 Å². The van der Waals surface area contributed by atoms with Gasteiger partial charge in [0.15, 0.2) is 0 Å². The molecule has 1 atom stereocenters. The molecule has 0 aliphatic heterocycles. The van der Waals surface area contributed by atoms with Crippen molar-refractivity contribution in [2.24, 2.45) is 0 Å². The Balaban J connectivity index is 2.13. The van der Waals surface area contributed by atoms with E-state index in [1.807, 2.05) is 0 Å². The zero-order valence-corrected chi connectivity index (χ0v) is 10.7. The van der Waals surface area contributed by atoms with Crippen molar-refractivity contribution in [3.63, 3.8) is 0 Å². The second-order valence-corrected chi connectivity index (χ2v) is 4.42. The van der Waals surface area contributed by atoms with Crippen molar-refractivity contribution in [2.45, 2.75) is 25.7 Å². The highest BCUT2D eigenvalue weighted by Gasteiger charge is 2.33. The Morgan fingerprint density at radius 2 is 2.00 bits per heavy atom. The van der Waals surface area contributed by atoms with Crippen molar-refractivity contribution in [3.05, 3.63) is 59.3 Å². The highest BCUT2D eigenvalue weighted by atomic mass is 19.4. The minimum absolute atomic E-state index is 0.00249. The van der Waals surface area contributed by atoms with Gasteiger partial charge in [0.1, 0.15) is 11.6 Å². The van der Waals surface area contributed by atoms with Crippen molar-refractivity contribution >= 4 is 0 Å². The fourth-order valence-electron chi connectivity index (χ4n) is 1.87. The first-order chi connectivity index (χ1) is 9.38. The molecule has 1 aromatic carbocycles. The second kappa shape index (κ2) is 5.66. The molecule has 2 nitrogen and oxygen atoms in total. The van der Waals surface area contributed by atoms with E-state index in [0.717, 1.165) is 12.1 Å².